The van der Waals surface area contributed by atoms with Gasteiger partial charge in [-0.1, -0.05) is 25.5 Å². The lowest BCUT2D eigenvalue weighted by Crippen LogP contribution is -2.05. The van der Waals surface area contributed by atoms with E-state index in [0.29, 0.717) is 12.1 Å². The molecule has 0 fully saturated rings. The lowest BCUT2D eigenvalue weighted by molar-refractivity contribution is 0.744. The summed E-state index contributed by atoms with van der Waals surface area (Å²) in [6.45, 7) is 2.77. The van der Waals surface area contributed by atoms with Crippen molar-refractivity contribution in [2.75, 3.05) is 0 Å². The number of rotatable bonds is 5. The maximum atomic E-state index is 9.14. The van der Waals surface area contributed by atoms with Crippen molar-refractivity contribution in [2.24, 2.45) is 0 Å². The van der Waals surface area contributed by atoms with Crippen molar-refractivity contribution in [1.29, 1.82) is 5.26 Å². The molecule has 0 aliphatic rings. The van der Waals surface area contributed by atoms with Crippen molar-refractivity contribution in [3.63, 3.8) is 0 Å². The fourth-order valence-electron chi connectivity index (χ4n) is 3.18. The van der Waals surface area contributed by atoms with Crippen molar-refractivity contribution in [3.05, 3.63) is 71.9 Å². The third-order valence-corrected chi connectivity index (χ3v) is 4.34. The summed E-state index contributed by atoms with van der Waals surface area (Å²) in [5, 5.41) is 13.6. The van der Waals surface area contributed by atoms with Gasteiger partial charge < -0.3 is 4.57 Å². The molecule has 6 heteroatoms. The Hall–Kier alpha value is -3.46. The average Bonchev–Trinajstić information content (AvgIpc) is 3.27. The van der Waals surface area contributed by atoms with Crippen LogP contribution in [0.2, 0.25) is 0 Å². The van der Waals surface area contributed by atoms with Gasteiger partial charge in [0, 0.05) is 24.2 Å². The fourth-order valence-corrected chi connectivity index (χ4v) is 3.18. The van der Waals surface area contributed by atoms with Crippen LogP contribution in [0.15, 0.2) is 55.0 Å². The van der Waals surface area contributed by atoms with Crippen molar-refractivity contribution in [2.45, 2.75) is 26.3 Å². The molecule has 0 spiro atoms. The van der Waals surface area contributed by atoms with Crippen LogP contribution in [0.1, 0.15) is 30.3 Å². The Morgan fingerprint density at radius 1 is 1.15 bits per heavy atom. The maximum Gasteiger partial charge on any atom is 0.154 e. The molecule has 26 heavy (non-hydrogen) atoms. The summed E-state index contributed by atoms with van der Waals surface area (Å²) in [7, 11) is 0. The van der Waals surface area contributed by atoms with E-state index in [1.54, 1.807) is 18.5 Å². The Kier molecular flexibility index (Phi) is 4.20. The minimum Gasteiger partial charge on any atom is -0.325 e. The van der Waals surface area contributed by atoms with E-state index in [4.69, 9.17) is 10.2 Å². The van der Waals surface area contributed by atoms with Crippen LogP contribution in [0.4, 0.5) is 0 Å². The van der Waals surface area contributed by atoms with Crippen molar-refractivity contribution < 1.29 is 0 Å². The number of aromatic nitrogens is 5. The van der Waals surface area contributed by atoms with Gasteiger partial charge in [-0.25, -0.2) is 14.5 Å². The average molecular weight is 342 g/mol. The Balaban J connectivity index is 1.75. The normalized spacial score (nSPS) is 10.9. The molecule has 0 N–H and O–H groups in total. The molecular weight excluding hydrogens is 324 g/mol. The standard InChI is InChI=1S/C20H18N6/c1-2-5-18-17(24-19-8-4-9-23-26(18)19)14-25-11-10-22-20(25)16-7-3-6-15(12-16)13-21/h3-4,6-12H,2,5,14H2,1H3. The summed E-state index contributed by atoms with van der Waals surface area (Å²) in [6, 6.07) is 13.6. The molecule has 0 atom stereocenters. The smallest absolute Gasteiger partial charge is 0.154 e. The molecule has 0 amide bonds. The zero-order chi connectivity index (χ0) is 17.9. The molecular formula is C20H18N6. The number of benzene rings is 1. The highest BCUT2D eigenvalue weighted by atomic mass is 15.3. The summed E-state index contributed by atoms with van der Waals surface area (Å²) < 4.78 is 3.99. The van der Waals surface area contributed by atoms with E-state index < -0.39 is 0 Å². The van der Waals surface area contributed by atoms with Gasteiger partial charge in [0.2, 0.25) is 0 Å². The molecule has 0 bridgehead atoms. The monoisotopic (exact) mass is 342 g/mol. The van der Waals surface area contributed by atoms with Crippen LogP contribution in [0, 0.1) is 11.3 Å². The molecule has 6 nitrogen and oxygen atoms in total. The van der Waals surface area contributed by atoms with Gasteiger partial charge in [-0.2, -0.15) is 10.4 Å². The lowest BCUT2D eigenvalue weighted by atomic mass is 10.1. The number of hydrogen-bond donors (Lipinski definition) is 0. The Bertz CT molecular complexity index is 1100. The predicted octanol–water partition coefficient (Wildman–Crippen LogP) is 3.47. The van der Waals surface area contributed by atoms with Crippen LogP contribution in [-0.2, 0) is 13.0 Å². The van der Waals surface area contributed by atoms with Crippen LogP contribution in [0.5, 0.6) is 0 Å². The second kappa shape index (κ2) is 6.81. The highest BCUT2D eigenvalue weighted by Gasteiger charge is 2.15. The molecule has 3 heterocycles. The van der Waals surface area contributed by atoms with Crippen molar-refractivity contribution in [3.8, 4) is 17.5 Å². The molecule has 0 saturated heterocycles. The van der Waals surface area contributed by atoms with E-state index in [2.05, 4.69) is 27.6 Å². The molecule has 0 saturated carbocycles. The molecule has 0 radical (unpaired) electrons. The third kappa shape index (κ3) is 2.84. The first-order valence-corrected chi connectivity index (χ1v) is 8.63. The van der Waals surface area contributed by atoms with Gasteiger partial charge in [-0.15, -0.1) is 0 Å². The Labute approximate surface area is 151 Å². The largest absolute Gasteiger partial charge is 0.325 e. The van der Waals surface area contributed by atoms with Gasteiger partial charge in [0.25, 0.3) is 0 Å². The first-order valence-electron chi connectivity index (χ1n) is 8.63. The molecule has 0 aliphatic heterocycles. The number of fused-ring (bicyclic) bond motifs is 1. The fraction of sp³-hybridized carbons (Fsp3) is 0.200. The number of hydrogen-bond acceptors (Lipinski definition) is 4. The second-order valence-corrected chi connectivity index (χ2v) is 6.12. The molecule has 0 aliphatic carbocycles. The number of imidazole rings is 2. The van der Waals surface area contributed by atoms with Gasteiger partial charge >= 0.3 is 0 Å². The topological polar surface area (TPSA) is 71.8 Å². The summed E-state index contributed by atoms with van der Waals surface area (Å²) in [6.07, 6.45) is 7.46. The molecule has 4 rings (SSSR count). The zero-order valence-corrected chi connectivity index (χ0v) is 14.5. The summed E-state index contributed by atoms with van der Waals surface area (Å²) in [5.74, 6) is 0.828. The van der Waals surface area contributed by atoms with Crippen LogP contribution in [0.3, 0.4) is 0 Å². The highest BCUT2D eigenvalue weighted by molar-refractivity contribution is 5.58. The van der Waals surface area contributed by atoms with Gasteiger partial charge in [0.05, 0.1) is 29.6 Å². The molecule has 4 aromatic rings. The number of aryl methyl sites for hydroxylation is 1. The second-order valence-electron chi connectivity index (χ2n) is 6.12. The SMILES string of the molecule is CCCc1c(Cn2ccnc2-c2cccc(C#N)c2)nc2cccnn12. The minimum absolute atomic E-state index is 0.616. The van der Waals surface area contributed by atoms with Gasteiger partial charge in [-0.3, -0.25) is 0 Å². The maximum absolute atomic E-state index is 9.14. The van der Waals surface area contributed by atoms with E-state index in [1.165, 1.54) is 0 Å². The molecule has 0 unspecified atom stereocenters. The van der Waals surface area contributed by atoms with Crippen LogP contribution in [-0.4, -0.2) is 24.1 Å². The summed E-state index contributed by atoms with van der Waals surface area (Å²) in [5.41, 5.74) is 4.54. The first-order chi connectivity index (χ1) is 12.8. The number of nitriles is 1. The van der Waals surface area contributed by atoms with Gasteiger partial charge in [-0.05, 0) is 30.7 Å². The van der Waals surface area contributed by atoms with E-state index in [-0.39, 0.29) is 0 Å². The van der Waals surface area contributed by atoms with Crippen LogP contribution >= 0.6 is 0 Å². The van der Waals surface area contributed by atoms with E-state index >= 15 is 0 Å². The molecule has 128 valence electrons. The zero-order valence-electron chi connectivity index (χ0n) is 14.5. The molecule has 1 aromatic carbocycles. The summed E-state index contributed by atoms with van der Waals surface area (Å²) in [4.78, 5) is 9.27. The lowest BCUT2D eigenvalue weighted by Gasteiger charge is -2.08. The Morgan fingerprint density at radius 3 is 2.92 bits per heavy atom. The Morgan fingerprint density at radius 2 is 2.08 bits per heavy atom. The quantitative estimate of drug-likeness (QED) is 0.557. The van der Waals surface area contributed by atoms with E-state index in [1.807, 2.05) is 41.0 Å². The van der Waals surface area contributed by atoms with Crippen LogP contribution in [0.25, 0.3) is 17.0 Å². The predicted molar refractivity (Wildman–Crippen MR) is 98.5 cm³/mol. The first kappa shape index (κ1) is 16.0. The van der Waals surface area contributed by atoms with Crippen molar-refractivity contribution in [1.82, 2.24) is 24.1 Å². The van der Waals surface area contributed by atoms with Crippen molar-refractivity contribution >= 4 is 5.65 Å². The third-order valence-electron chi connectivity index (χ3n) is 4.34. The van der Waals surface area contributed by atoms with Crippen LogP contribution < -0.4 is 0 Å². The van der Waals surface area contributed by atoms with Gasteiger partial charge in [0.15, 0.2) is 5.65 Å². The van der Waals surface area contributed by atoms with E-state index in [9.17, 15) is 0 Å². The number of nitrogens with zero attached hydrogens (tertiary/aromatic N) is 6. The minimum atomic E-state index is 0.616. The van der Waals surface area contributed by atoms with E-state index in [0.717, 1.165) is 41.3 Å². The van der Waals surface area contributed by atoms with Gasteiger partial charge in [0.1, 0.15) is 5.82 Å². The summed E-state index contributed by atoms with van der Waals surface area (Å²) >= 11 is 0. The highest BCUT2D eigenvalue weighted by Crippen LogP contribution is 2.21. The molecule has 3 aromatic heterocycles.